The number of rotatable bonds is 2. The molecule has 1 aromatic heterocycles. The summed E-state index contributed by atoms with van der Waals surface area (Å²) in [7, 11) is 0. The van der Waals surface area contributed by atoms with Crippen LogP contribution in [0.3, 0.4) is 0 Å². The molecule has 3 N–H and O–H groups in total. The van der Waals surface area contributed by atoms with E-state index in [0.717, 1.165) is 10.9 Å². The second-order valence-corrected chi connectivity index (χ2v) is 4.26. The Morgan fingerprint density at radius 2 is 2.13 bits per heavy atom. The number of hydrogen-bond acceptors (Lipinski definition) is 1. The van der Waals surface area contributed by atoms with Gasteiger partial charge in [-0.2, -0.15) is 0 Å². The Kier molecular flexibility index (Phi) is 4.20. The number of benzene rings is 1. The van der Waals surface area contributed by atoms with Crippen molar-refractivity contribution in [1.82, 2.24) is 4.98 Å². The summed E-state index contributed by atoms with van der Waals surface area (Å²) in [4.78, 5) is 3.28. The van der Waals surface area contributed by atoms with Crippen molar-refractivity contribution in [2.75, 3.05) is 6.54 Å². The van der Waals surface area contributed by atoms with Crippen molar-refractivity contribution >= 4 is 39.2 Å². The first-order valence-electron chi connectivity index (χ1n) is 4.69. The van der Waals surface area contributed by atoms with Crippen molar-refractivity contribution in [2.45, 2.75) is 13.3 Å². The highest BCUT2D eigenvalue weighted by atomic mass is 79.9. The third-order valence-corrected chi connectivity index (χ3v) is 3.51. The Labute approximate surface area is 104 Å². The van der Waals surface area contributed by atoms with Gasteiger partial charge in [0, 0.05) is 16.1 Å². The number of nitrogens with two attached hydrogens (primary N) is 1. The quantitative estimate of drug-likeness (QED) is 0.876. The van der Waals surface area contributed by atoms with Crippen LogP contribution in [0.15, 0.2) is 22.8 Å². The topological polar surface area (TPSA) is 41.8 Å². The van der Waals surface area contributed by atoms with Gasteiger partial charge in [-0.25, -0.2) is 0 Å². The smallest absolute Gasteiger partial charge is 0.0603 e. The zero-order valence-corrected chi connectivity index (χ0v) is 10.9. The summed E-state index contributed by atoms with van der Waals surface area (Å²) in [5, 5.41) is 1.27. The van der Waals surface area contributed by atoms with E-state index in [0.29, 0.717) is 6.54 Å². The van der Waals surface area contributed by atoms with Crippen molar-refractivity contribution in [3.63, 3.8) is 0 Å². The fourth-order valence-corrected chi connectivity index (χ4v) is 2.15. The molecule has 2 aromatic rings. The first kappa shape index (κ1) is 12.6. The normalized spacial score (nSPS) is 10.3. The van der Waals surface area contributed by atoms with Crippen LogP contribution in [-0.2, 0) is 6.42 Å². The van der Waals surface area contributed by atoms with Crippen LogP contribution in [0.5, 0.6) is 0 Å². The van der Waals surface area contributed by atoms with E-state index >= 15 is 0 Å². The number of nitrogens with one attached hydrogen (secondary N) is 1. The Morgan fingerprint density at radius 1 is 1.40 bits per heavy atom. The third-order valence-electron chi connectivity index (χ3n) is 2.49. The van der Waals surface area contributed by atoms with E-state index in [2.05, 4.69) is 40.0 Å². The van der Waals surface area contributed by atoms with Crippen LogP contribution in [0, 0.1) is 6.92 Å². The number of halogens is 2. The lowest BCUT2D eigenvalue weighted by Crippen LogP contribution is -2.01. The number of aromatic amines is 1. The second kappa shape index (κ2) is 5.01. The molecule has 0 spiro atoms. The summed E-state index contributed by atoms with van der Waals surface area (Å²) in [5.41, 5.74) is 9.27. The third kappa shape index (κ3) is 2.19. The van der Waals surface area contributed by atoms with Gasteiger partial charge < -0.3 is 10.7 Å². The molecule has 0 unspecified atom stereocenters. The van der Waals surface area contributed by atoms with E-state index in [1.807, 2.05) is 6.20 Å². The van der Waals surface area contributed by atoms with Crippen LogP contribution in [0.4, 0.5) is 0 Å². The average molecular weight is 290 g/mol. The molecule has 0 aliphatic carbocycles. The molecule has 15 heavy (non-hydrogen) atoms. The summed E-state index contributed by atoms with van der Waals surface area (Å²) in [6.45, 7) is 2.78. The van der Waals surface area contributed by atoms with Crippen molar-refractivity contribution in [1.29, 1.82) is 0 Å². The molecule has 2 rings (SSSR count). The number of aryl methyl sites for hydroxylation is 1. The fourth-order valence-electron chi connectivity index (χ4n) is 1.69. The fraction of sp³-hybridized carbons (Fsp3) is 0.273. The number of fused-ring (bicyclic) bond motifs is 1. The number of H-pyrrole nitrogens is 1. The summed E-state index contributed by atoms with van der Waals surface area (Å²) < 4.78 is 1.15. The first-order valence-corrected chi connectivity index (χ1v) is 5.48. The molecule has 2 nitrogen and oxygen atoms in total. The summed E-state index contributed by atoms with van der Waals surface area (Å²) in [5.74, 6) is 0. The minimum absolute atomic E-state index is 0. The molecule has 0 saturated carbocycles. The van der Waals surface area contributed by atoms with Gasteiger partial charge in [-0.05, 0) is 46.9 Å². The standard InChI is InChI=1S/C11H13BrN2.ClH/c1-7-2-3-9-8(4-5-13)6-14-11(9)10(7)12;/h2-3,6,14H,4-5,13H2,1H3;1H. The van der Waals surface area contributed by atoms with Gasteiger partial charge >= 0.3 is 0 Å². The van der Waals surface area contributed by atoms with Crippen LogP contribution in [-0.4, -0.2) is 11.5 Å². The van der Waals surface area contributed by atoms with Crippen molar-refractivity contribution in [2.24, 2.45) is 5.73 Å². The zero-order valence-electron chi connectivity index (χ0n) is 8.51. The summed E-state index contributed by atoms with van der Waals surface area (Å²) in [6.07, 6.45) is 2.97. The lowest BCUT2D eigenvalue weighted by atomic mass is 10.1. The number of hydrogen-bond donors (Lipinski definition) is 2. The van der Waals surface area contributed by atoms with Gasteiger partial charge in [0.2, 0.25) is 0 Å². The molecule has 0 saturated heterocycles. The highest BCUT2D eigenvalue weighted by Crippen LogP contribution is 2.28. The van der Waals surface area contributed by atoms with E-state index in [-0.39, 0.29) is 12.4 Å². The molecule has 1 heterocycles. The molecule has 0 aliphatic rings. The van der Waals surface area contributed by atoms with Crippen molar-refractivity contribution < 1.29 is 0 Å². The molecule has 0 aliphatic heterocycles. The Hall–Kier alpha value is -0.510. The molecular formula is C11H14BrClN2. The van der Waals surface area contributed by atoms with Gasteiger partial charge in [0.15, 0.2) is 0 Å². The zero-order chi connectivity index (χ0) is 10.1. The van der Waals surface area contributed by atoms with Crippen LogP contribution >= 0.6 is 28.3 Å². The van der Waals surface area contributed by atoms with Gasteiger partial charge in [0.05, 0.1) is 5.52 Å². The van der Waals surface area contributed by atoms with E-state index in [1.165, 1.54) is 22.0 Å². The Bertz CT molecular complexity index is 465. The predicted molar refractivity (Wildman–Crippen MR) is 70.7 cm³/mol. The van der Waals surface area contributed by atoms with Gasteiger partial charge in [0.1, 0.15) is 0 Å². The minimum atomic E-state index is 0. The maximum Gasteiger partial charge on any atom is 0.0603 e. The summed E-state index contributed by atoms with van der Waals surface area (Å²) >= 11 is 3.58. The molecule has 0 radical (unpaired) electrons. The molecular weight excluding hydrogens is 275 g/mol. The average Bonchev–Trinajstić information content (AvgIpc) is 2.57. The Morgan fingerprint density at radius 3 is 2.80 bits per heavy atom. The monoisotopic (exact) mass is 288 g/mol. The van der Waals surface area contributed by atoms with E-state index in [4.69, 9.17) is 5.73 Å². The maximum atomic E-state index is 5.55. The molecule has 0 bridgehead atoms. The van der Waals surface area contributed by atoms with Crippen molar-refractivity contribution in [3.05, 3.63) is 33.9 Å². The largest absolute Gasteiger partial charge is 0.360 e. The lowest BCUT2D eigenvalue weighted by Gasteiger charge is -2.00. The highest BCUT2D eigenvalue weighted by molar-refractivity contribution is 9.10. The molecule has 82 valence electrons. The highest BCUT2D eigenvalue weighted by Gasteiger charge is 2.06. The van der Waals surface area contributed by atoms with E-state index in [1.54, 1.807) is 0 Å². The molecule has 0 amide bonds. The van der Waals surface area contributed by atoms with Crippen LogP contribution < -0.4 is 5.73 Å². The molecule has 0 atom stereocenters. The minimum Gasteiger partial charge on any atom is -0.360 e. The van der Waals surface area contributed by atoms with Crippen LogP contribution in [0.25, 0.3) is 10.9 Å². The molecule has 0 fully saturated rings. The molecule has 1 aromatic carbocycles. The van der Waals surface area contributed by atoms with Crippen LogP contribution in [0.2, 0.25) is 0 Å². The number of aromatic nitrogens is 1. The van der Waals surface area contributed by atoms with Gasteiger partial charge in [-0.15, -0.1) is 12.4 Å². The predicted octanol–water partition coefficient (Wildman–Crippen LogP) is 3.16. The molecule has 4 heteroatoms. The first-order chi connectivity index (χ1) is 6.74. The van der Waals surface area contributed by atoms with Crippen LogP contribution in [0.1, 0.15) is 11.1 Å². The SMILES string of the molecule is Cc1ccc2c(CCN)c[nH]c2c1Br.Cl. The van der Waals surface area contributed by atoms with Gasteiger partial charge in [-0.3, -0.25) is 0 Å². The van der Waals surface area contributed by atoms with Gasteiger partial charge in [-0.1, -0.05) is 12.1 Å². The van der Waals surface area contributed by atoms with Gasteiger partial charge in [0.25, 0.3) is 0 Å². The lowest BCUT2D eigenvalue weighted by molar-refractivity contribution is 0.976. The Balaban J connectivity index is 0.00000112. The van der Waals surface area contributed by atoms with E-state index in [9.17, 15) is 0 Å². The summed E-state index contributed by atoms with van der Waals surface area (Å²) in [6, 6.07) is 4.27. The second-order valence-electron chi connectivity index (χ2n) is 3.47. The van der Waals surface area contributed by atoms with E-state index < -0.39 is 0 Å². The van der Waals surface area contributed by atoms with Crippen molar-refractivity contribution in [3.8, 4) is 0 Å². The maximum absolute atomic E-state index is 5.55.